The summed E-state index contributed by atoms with van der Waals surface area (Å²) in [7, 11) is 1.52. The van der Waals surface area contributed by atoms with Gasteiger partial charge in [0.25, 0.3) is 5.91 Å². The highest BCUT2D eigenvalue weighted by Crippen LogP contribution is 2.24. The highest BCUT2D eigenvalue weighted by atomic mass is 35.5. The van der Waals surface area contributed by atoms with E-state index in [4.69, 9.17) is 21.1 Å². The van der Waals surface area contributed by atoms with Crippen LogP contribution < -0.4 is 15.4 Å². The fourth-order valence-electron chi connectivity index (χ4n) is 2.50. The van der Waals surface area contributed by atoms with Crippen molar-refractivity contribution in [2.24, 2.45) is 0 Å². The first-order valence-corrected chi connectivity index (χ1v) is 9.42. The summed E-state index contributed by atoms with van der Waals surface area (Å²) in [4.78, 5) is 35.7. The lowest BCUT2D eigenvalue weighted by atomic mass is 10.2. The molecule has 0 fully saturated rings. The number of hydrogen-bond donors (Lipinski definition) is 2. The van der Waals surface area contributed by atoms with Crippen LogP contribution in [0.3, 0.4) is 0 Å². The van der Waals surface area contributed by atoms with Gasteiger partial charge in [-0.05, 0) is 43.2 Å². The van der Waals surface area contributed by atoms with Gasteiger partial charge in [-0.25, -0.2) is 0 Å². The maximum absolute atomic E-state index is 12.0. The van der Waals surface area contributed by atoms with Crippen molar-refractivity contribution < 1.29 is 23.9 Å². The number of halogens is 1. The third-order valence-electron chi connectivity index (χ3n) is 4.07. The number of methoxy groups -OCH3 is 1. The number of carbonyl (C=O) groups excluding carboxylic acids is 3. The summed E-state index contributed by atoms with van der Waals surface area (Å²) in [5.74, 6) is -0.691. The molecule has 154 valence electrons. The van der Waals surface area contributed by atoms with E-state index in [1.165, 1.54) is 7.11 Å². The van der Waals surface area contributed by atoms with Gasteiger partial charge in [-0.15, -0.1) is 0 Å². The van der Waals surface area contributed by atoms with Gasteiger partial charge >= 0.3 is 5.97 Å². The lowest BCUT2D eigenvalue weighted by Crippen LogP contribution is -2.21. The van der Waals surface area contributed by atoms with Crippen molar-refractivity contribution in [2.45, 2.75) is 26.2 Å². The molecule has 2 N–H and O–H groups in total. The number of nitrogens with one attached hydrogen (secondary N) is 2. The number of benzene rings is 2. The number of amides is 2. The monoisotopic (exact) mass is 418 g/mol. The maximum Gasteiger partial charge on any atom is 0.306 e. The second-order valence-corrected chi connectivity index (χ2v) is 6.63. The molecule has 0 atom stereocenters. The minimum absolute atomic E-state index is 0.0306. The number of anilines is 2. The van der Waals surface area contributed by atoms with Crippen molar-refractivity contribution in [3.63, 3.8) is 0 Å². The van der Waals surface area contributed by atoms with Crippen LogP contribution in [0.5, 0.6) is 5.75 Å². The molecular formula is C21H23ClN2O5. The summed E-state index contributed by atoms with van der Waals surface area (Å²) in [5, 5.41) is 5.91. The predicted molar refractivity (Wildman–Crippen MR) is 111 cm³/mol. The Labute approximate surface area is 174 Å². The summed E-state index contributed by atoms with van der Waals surface area (Å²) in [5.41, 5.74) is 1.86. The minimum atomic E-state index is -0.548. The standard InChI is InChI=1S/C21H23ClN2O5/c1-14-15(22)7-5-9-16(14)23-20(26)13-29-21(27)12-6-11-19(25)24-17-8-3-4-10-18(17)28-2/h3-5,7-10H,6,11-13H2,1-2H3,(H,23,26)(H,24,25). The molecular weight excluding hydrogens is 396 g/mol. The Morgan fingerprint density at radius 3 is 2.38 bits per heavy atom. The number of hydrogen-bond acceptors (Lipinski definition) is 5. The first-order valence-electron chi connectivity index (χ1n) is 9.04. The third-order valence-corrected chi connectivity index (χ3v) is 4.48. The van der Waals surface area contributed by atoms with Crippen LogP contribution >= 0.6 is 11.6 Å². The molecule has 0 heterocycles. The van der Waals surface area contributed by atoms with Crippen molar-refractivity contribution in [1.29, 1.82) is 0 Å². The fraction of sp³-hybridized carbons (Fsp3) is 0.286. The smallest absolute Gasteiger partial charge is 0.306 e. The second-order valence-electron chi connectivity index (χ2n) is 6.22. The van der Waals surface area contributed by atoms with Crippen LogP contribution in [0.2, 0.25) is 5.02 Å². The Morgan fingerprint density at radius 1 is 0.931 bits per heavy atom. The van der Waals surface area contributed by atoms with E-state index in [2.05, 4.69) is 10.6 Å². The van der Waals surface area contributed by atoms with Crippen LogP contribution in [0.4, 0.5) is 11.4 Å². The Kier molecular flexibility index (Phi) is 8.48. The fourth-order valence-corrected chi connectivity index (χ4v) is 2.68. The molecule has 8 heteroatoms. The van der Waals surface area contributed by atoms with Gasteiger partial charge in [0, 0.05) is 23.6 Å². The first-order chi connectivity index (χ1) is 13.9. The Balaban J connectivity index is 1.68. The van der Waals surface area contributed by atoms with E-state index in [0.717, 1.165) is 5.56 Å². The summed E-state index contributed by atoms with van der Waals surface area (Å²) < 4.78 is 10.1. The second kappa shape index (κ2) is 11.1. The molecule has 7 nitrogen and oxygen atoms in total. The molecule has 0 spiro atoms. The molecule has 0 aliphatic carbocycles. The number of para-hydroxylation sites is 2. The van der Waals surface area contributed by atoms with Crippen molar-refractivity contribution in [2.75, 3.05) is 24.4 Å². The van der Waals surface area contributed by atoms with Crippen LogP contribution in [0.15, 0.2) is 42.5 Å². The molecule has 0 radical (unpaired) electrons. The molecule has 0 saturated heterocycles. The zero-order chi connectivity index (χ0) is 21.2. The number of carbonyl (C=O) groups is 3. The van der Waals surface area contributed by atoms with Gasteiger partial charge in [-0.2, -0.15) is 0 Å². The number of rotatable bonds is 9. The first kappa shape index (κ1) is 22.2. The van der Waals surface area contributed by atoms with Crippen molar-refractivity contribution >= 4 is 40.8 Å². The molecule has 0 saturated carbocycles. The van der Waals surface area contributed by atoms with Crippen LogP contribution in [-0.4, -0.2) is 31.5 Å². The van der Waals surface area contributed by atoms with E-state index in [1.807, 2.05) is 0 Å². The molecule has 0 unspecified atom stereocenters. The van der Waals surface area contributed by atoms with Gasteiger partial charge in [0.2, 0.25) is 5.91 Å². The lowest BCUT2D eigenvalue weighted by molar-refractivity contribution is -0.147. The van der Waals surface area contributed by atoms with Gasteiger partial charge in [0.15, 0.2) is 6.61 Å². The highest BCUT2D eigenvalue weighted by molar-refractivity contribution is 6.31. The van der Waals surface area contributed by atoms with Gasteiger partial charge in [0.05, 0.1) is 12.8 Å². The predicted octanol–water partition coefficient (Wildman–Crippen LogP) is 3.95. The third kappa shape index (κ3) is 7.12. The van der Waals surface area contributed by atoms with Crippen LogP contribution in [0, 0.1) is 6.92 Å². The van der Waals surface area contributed by atoms with Crippen LogP contribution in [0.1, 0.15) is 24.8 Å². The van der Waals surface area contributed by atoms with E-state index >= 15 is 0 Å². The SMILES string of the molecule is COc1ccccc1NC(=O)CCCC(=O)OCC(=O)Nc1cccc(Cl)c1C. The van der Waals surface area contributed by atoms with Crippen molar-refractivity contribution in [1.82, 2.24) is 0 Å². The Morgan fingerprint density at radius 2 is 1.62 bits per heavy atom. The summed E-state index contributed by atoms with van der Waals surface area (Å²) in [6.07, 6.45) is 0.471. The number of ether oxygens (including phenoxy) is 2. The zero-order valence-electron chi connectivity index (χ0n) is 16.3. The largest absolute Gasteiger partial charge is 0.495 e. The molecule has 0 aliphatic rings. The summed E-state index contributed by atoms with van der Waals surface area (Å²) in [6.45, 7) is 1.37. The lowest BCUT2D eigenvalue weighted by Gasteiger charge is -2.10. The summed E-state index contributed by atoms with van der Waals surface area (Å²) in [6, 6.07) is 12.2. The van der Waals surface area contributed by atoms with Crippen LogP contribution in [-0.2, 0) is 19.1 Å². The molecule has 0 aromatic heterocycles. The zero-order valence-corrected chi connectivity index (χ0v) is 17.0. The average molecular weight is 419 g/mol. The van der Waals surface area contributed by atoms with Crippen molar-refractivity contribution in [3.8, 4) is 5.75 Å². The van der Waals surface area contributed by atoms with E-state index in [-0.39, 0.29) is 18.7 Å². The molecule has 0 aliphatic heterocycles. The molecule has 29 heavy (non-hydrogen) atoms. The molecule has 2 aromatic rings. The Bertz CT molecular complexity index is 885. The van der Waals surface area contributed by atoms with E-state index < -0.39 is 18.5 Å². The van der Waals surface area contributed by atoms with Gasteiger partial charge in [-0.1, -0.05) is 29.8 Å². The van der Waals surface area contributed by atoms with Gasteiger partial charge < -0.3 is 20.1 Å². The molecule has 2 rings (SSSR count). The molecule has 2 amide bonds. The normalized spacial score (nSPS) is 10.2. The van der Waals surface area contributed by atoms with E-state index in [1.54, 1.807) is 49.4 Å². The van der Waals surface area contributed by atoms with E-state index in [9.17, 15) is 14.4 Å². The molecule has 0 bridgehead atoms. The number of esters is 1. The highest BCUT2D eigenvalue weighted by Gasteiger charge is 2.12. The Hall–Kier alpha value is -3.06. The van der Waals surface area contributed by atoms with Crippen molar-refractivity contribution in [3.05, 3.63) is 53.1 Å². The molecule has 2 aromatic carbocycles. The van der Waals surface area contributed by atoms with Crippen LogP contribution in [0.25, 0.3) is 0 Å². The van der Waals surface area contributed by atoms with Gasteiger partial charge in [0.1, 0.15) is 5.75 Å². The average Bonchev–Trinajstić information content (AvgIpc) is 2.70. The summed E-state index contributed by atoms with van der Waals surface area (Å²) >= 11 is 6.00. The maximum atomic E-state index is 12.0. The van der Waals surface area contributed by atoms with E-state index in [0.29, 0.717) is 28.6 Å². The quantitative estimate of drug-likeness (QED) is 0.601. The van der Waals surface area contributed by atoms with Gasteiger partial charge in [-0.3, -0.25) is 14.4 Å². The topological polar surface area (TPSA) is 93.7 Å². The minimum Gasteiger partial charge on any atom is -0.495 e.